The molecule has 1 amide bonds. The number of rotatable bonds is 6. The highest BCUT2D eigenvalue weighted by molar-refractivity contribution is 5.79. The van der Waals surface area contributed by atoms with Crippen LogP contribution in [0.25, 0.3) is 11.3 Å². The van der Waals surface area contributed by atoms with Gasteiger partial charge in [0.25, 0.3) is 0 Å². The minimum Gasteiger partial charge on any atom is -0.352 e. The number of hydrogen-bond donors (Lipinski definition) is 2. The van der Waals surface area contributed by atoms with Crippen LogP contribution >= 0.6 is 0 Å². The summed E-state index contributed by atoms with van der Waals surface area (Å²) in [4.78, 5) is 12.6. The molecular formula is C23H26N4O. The second-order valence-electron chi connectivity index (χ2n) is 7.29. The van der Waals surface area contributed by atoms with E-state index in [1.165, 1.54) is 5.56 Å². The van der Waals surface area contributed by atoms with E-state index in [9.17, 15) is 4.79 Å². The van der Waals surface area contributed by atoms with Crippen LogP contribution in [0.3, 0.4) is 0 Å². The van der Waals surface area contributed by atoms with E-state index in [-0.39, 0.29) is 11.8 Å². The lowest BCUT2D eigenvalue weighted by Gasteiger charge is -2.21. The first-order valence-corrected chi connectivity index (χ1v) is 9.94. The smallest absolute Gasteiger partial charge is 0.223 e. The fourth-order valence-electron chi connectivity index (χ4n) is 3.69. The van der Waals surface area contributed by atoms with Crippen LogP contribution in [0, 0.1) is 5.92 Å². The van der Waals surface area contributed by atoms with Crippen LogP contribution in [-0.2, 0) is 17.9 Å². The third-order valence-electron chi connectivity index (χ3n) is 5.24. The molecule has 3 aromatic rings. The maximum atomic E-state index is 12.6. The van der Waals surface area contributed by atoms with Crippen molar-refractivity contribution in [1.29, 1.82) is 0 Å². The van der Waals surface area contributed by atoms with Crippen molar-refractivity contribution in [2.45, 2.75) is 25.9 Å². The fourth-order valence-corrected chi connectivity index (χ4v) is 3.69. The van der Waals surface area contributed by atoms with Crippen molar-refractivity contribution in [3.05, 3.63) is 78.0 Å². The van der Waals surface area contributed by atoms with Gasteiger partial charge in [0.1, 0.15) is 0 Å². The van der Waals surface area contributed by atoms with E-state index in [4.69, 9.17) is 5.10 Å². The van der Waals surface area contributed by atoms with Gasteiger partial charge in [-0.3, -0.25) is 9.48 Å². The van der Waals surface area contributed by atoms with Gasteiger partial charge in [-0.05, 0) is 31.5 Å². The topological polar surface area (TPSA) is 59.0 Å². The first-order valence-electron chi connectivity index (χ1n) is 9.94. The molecule has 1 saturated heterocycles. The predicted octanol–water partition coefficient (Wildman–Crippen LogP) is 3.21. The fraction of sp³-hybridized carbons (Fsp3) is 0.304. The number of carbonyl (C=O) groups excluding carboxylic acids is 1. The SMILES string of the molecule is O=C(NCc1cn(Cc2ccccc2)nc1-c1ccccc1)C1CCNCC1. The van der Waals surface area contributed by atoms with Crippen molar-refractivity contribution in [1.82, 2.24) is 20.4 Å². The van der Waals surface area contributed by atoms with Gasteiger partial charge in [-0.2, -0.15) is 5.10 Å². The van der Waals surface area contributed by atoms with Crippen molar-refractivity contribution >= 4 is 5.91 Å². The van der Waals surface area contributed by atoms with E-state index >= 15 is 0 Å². The minimum absolute atomic E-state index is 0.112. The molecule has 0 saturated carbocycles. The zero-order valence-electron chi connectivity index (χ0n) is 16.0. The first-order chi connectivity index (χ1) is 13.8. The van der Waals surface area contributed by atoms with E-state index in [0.29, 0.717) is 13.1 Å². The molecule has 1 aliphatic heterocycles. The normalized spacial score (nSPS) is 14.7. The Balaban J connectivity index is 1.53. The quantitative estimate of drug-likeness (QED) is 0.697. The zero-order chi connectivity index (χ0) is 19.2. The van der Waals surface area contributed by atoms with Gasteiger partial charge in [0.2, 0.25) is 5.91 Å². The molecular weight excluding hydrogens is 348 g/mol. The van der Waals surface area contributed by atoms with Crippen molar-refractivity contribution in [2.24, 2.45) is 5.92 Å². The van der Waals surface area contributed by atoms with Crippen LogP contribution in [0.4, 0.5) is 0 Å². The second-order valence-corrected chi connectivity index (χ2v) is 7.29. The summed E-state index contributed by atoms with van der Waals surface area (Å²) in [5, 5.41) is 11.3. The van der Waals surface area contributed by atoms with E-state index in [0.717, 1.165) is 42.8 Å². The van der Waals surface area contributed by atoms with E-state index in [2.05, 4.69) is 41.1 Å². The molecule has 2 aromatic carbocycles. The number of amides is 1. The van der Waals surface area contributed by atoms with E-state index in [1.807, 2.05) is 41.1 Å². The highest BCUT2D eigenvalue weighted by Crippen LogP contribution is 2.23. The minimum atomic E-state index is 0.112. The van der Waals surface area contributed by atoms with Crippen LogP contribution in [0.5, 0.6) is 0 Å². The summed E-state index contributed by atoms with van der Waals surface area (Å²) in [7, 11) is 0. The molecule has 144 valence electrons. The third-order valence-corrected chi connectivity index (χ3v) is 5.24. The molecule has 0 spiro atoms. The molecule has 1 aliphatic rings. The lowest BCUT2D eigenvalue weighted by Crippen LogP contribution is -2.37. The van der Waals surface area contributed by atoms with Gasteiger partial charge < -0.3 is 10.6 Å². The summed E-state index contributed by atoms with van der Waals surface area (Å²) in [5.41, 5.74) is 4.25. The van der Waals surface area contributed by atoms with Crippen LogP contribution in [-0.4, -0.2) is 28.8 Å². The molecule has 0 bridgehead atoms. The van der Waals surface area contributed by atoms with Gasteiger partial charge in [0.15, 0.2) is 0 Å². The predicted molar refractivity (Wildman–Crippen MR) is 111 cm³/mol. The summed E-state index contributed by atoms with van der Waals surface area (Å²) in [6.45, 7) is 3.05. The molecule has 2 N–H and O–H groups in total. The maximum Gasteiger partial charge on any atom is 0.223 e. The Bertz CT molecular complexity index is 899. The second kappa shape index (κ2) is 8.85. The van der Waals surface area contributed by atoms with Gasteiger partial charge in [-0.25, -0.2) is 0 Å². The third kappa shape index (κ3) is 4.49. The molecule has 2 heterocycles. The lowest BCUT2D eigenvalue weighted by atomic mass is 9.97. The number of aromatic nitrogens is 2. The Morgan fingerprint density at radius 2 is 1.71 bits per heavy atom. The molecule has 1 aromatic heterocycles. The average Bonchev–Trinajstić information content (AvgIpc) is 3.16. The molecule has 5 nitrogen and oxygen atoms in total. The Hall–Kier alpha value is -2.92. The van der Waals surface area contributed by atoms with Crippen molar-refractivity contribution in [3.8, 4) is 11.3 Å². The highest BCUT2D eigenvalue weighted by Gasteiger charge is 2.21. The van der Waals surface area contributed by atoms with Gasteiger partial charge >= 0.3 is 0 Å². The summed E-state index contributed by atoms with van der Waals surface area (Å²) >= 11 is 0. The number of piperidine rings is 1. The molecule has 0 atom stereocenters. The Labute approximate surface area is 165 Å². The van der Waals surface area contributed by atoms with Crippen LogP contribution in [0.15, 0.2) is 66.9 Å². The highest BCUT2D eigenvalue weighted by atomic mass is 16.1. The number of benzene rings is 2. The number of nitrogens with zero attached hydrogens (tertiary/aromatic N) is 2. The van der Waals surface area contributed by atoms with Gasteiger partial charge in [0.05, 0.1) is 12.2 Å². The summed E-state index contributed by atoms with van der Waals surface area (Å²) < 4.78 is 1.96. The Kier molecular flexibility index (Phi) is 5.83. The number of hydrogen-bond acceptors (Lipinski definition) is 3. The maximum absolute atomic E-state index is 12.6. The molecule has 5 heteroatoms. The van der Waals surface area contributed by atoms with Crippen LogP contribution in [0.2, 0.25) is 0 Å². The largest absolute Gasteiger partial charge is 0.352 e. The molecule has 1 fully saturated rings. The monoisotopic (exact) mass is 374 g/mol. The van der Waals surface area contributed by atoms with E-state index < -0.39 is 0 Å². The number of nitrogens with one attached hydrogen (secondary N) is 2. The van der Waals surface area contributed by atoms with Crippen LogP contribution in [0.1, 0.15) is 24.0 Å². The molecule has 0 aliphatic carbocycles. The lowest BCUT2D eigenvalue weighted by molar-refractivity contribution is -0.125. The summed E-state index contributed by atoms with van der Waals surface area (Å²) in [6, 6.07) is 20.5. The summed E-state index contributed by atoms with van der Waals surface area (Å²) in [5.74, 6) is 0.261. The summed E-state index contributed by atoms with van der Waals surface area (Å²) in [6.07, 6.45) is 3.87. The van der Waals surface area contributed by atoms with Crippen molar-refractivity contribution in [2.75, 3.05) is 13.1 Å². The number of carbonyl (C=O) groups is 1. The van der Waals surface area contributed by atoms with Crippen LogP contribution < -0.4 is 10.6 Å². The standard InChI is InChI=1S/C23H26N4O/c28-23(20-11-13-24-14-12-20)25-15-21-17-27(16-18-7-3-1-4-8-18)26-22(21)19-9-5-2-6-10-19/h1-10,17,20,24H,11-16H2,(H,25,28). The molecule has 28 heavy (non-hydrogen) atoms. The van der Waals surface area contributed by atoms with Crippen molar-refractivity contribution in [3.63, 3.8) is 0 Å². The molecule has 0 unspecified atom stereocenters. The Morgan fingerprint density at radius 1 is 1.04 bits per heavy atom. The Morgan fingerprint density at radius 3 is 2.43 bits per heavy atom. The molecule has 0 radical (unpaired) electrons. The van der Waals surface area contributed by atoms with Crippen molar-refractivity contribution < 1.29 is 4.79 Å². The first kappa shape index (κ1) is 18.4. The molecule has 4 rings (SSSR count). The van der Waals surface area contributed by atoms with Gasteiger partial charge in [0, 0.05) is 29.8 Å². The zero-order valence-corrected chi connectivity index (χ0v) is 16.0. The van der Waals surface area contributed by atoms with Gasteiger partial charge in [-0.15, -0.1) is 0 Å². The van der Waals surface area contributed by atoms with Gasteiger partial charge in [-0.1, -0.05) is 60.7 Å². The average molecular weight is 374 g/mol. The van der Waals surface area contributed by atoms with E-state index in [1.54, 1.807) is 0 Å².